The third kappa shape index (κ3) is 4.07. The van der Waals surface area contributed by atoms with E-state index in [1.54, 1.807) is 0 Å². The summed E-state index contributed by atoms with van der Waals surface area (Å²) in [4.78, 5) is 6.99. The SMILES string of the molecule is Cc1noc(C(NC2CCN(c3ccccc3)CC2)C2CCOCC2)n1. The predicted molar refractivity (Wildman–Crippen MR) is 100 cm³/mol. The van der Waals surface area contributed by atoms with E-state index < -0.39 is 0 Å². The fourth-order valence-electron chi connectivity index (χ4n) is 4.09. The Hall–Kier alpha value is -1.92. The van der Waals surface area contributed by atoms with Gasteiger partial charge in [-0.05, 0) is 50.7 Å². The molecule has 0 aliphatic carbocycles. The number of hydrogen-bond acceptors (Lipinski definition) is 6. The first-order valence-electron chi connectivity index (χ1n) is 9.73. The van der Waals surface area contributed by atoms with Crippen LogP contribution in [0.25, 0.3) is 0 Å². The molecule has 0 saturated carbocycles. The minimum Gasteiger partial charge on any atom is -0.381 e. The molecule has 1 aromatic carbocycles. The van der Waals surface area contributed by atoms with Crippen LogP contribution in [0.4, 0.5) is 5.69 Å². The first-order valence-corrected chi connectivity index (χ1v) is 9.73. The molecule has 2 aliphatic heterocycles. The van der Waals surface area contributed by atoms with E-state index >= 15 is 0 Å². The monoisotopic (exact) mass is 356 g/mol. The summed E-state index contributed by atoms with van der Waals surface area (Å²) >= 11 is 0. The Morgan fingerprint density at radius 1 is 1.08 bits per heavy atom. The zero-order chi connectivity index (χ0) is 17.8. The molecule has 1 atom stereocenters. The number of nitrogens with zero attached hydrogens (tertiary/aromatic N) is 3. The van der Waals surface area contributed by atoms with Crippen LogP contribution in [-0.2, 0) is 4.74 Å². The van der Waals surface area contributed by atoms with Crippen LogP contribution in [0.15, 0.2) is 34.9 Å². The third-order valence-electron chi connectivity index (χ3n) is 5.58. The summed E-state index contributed by atoms with van der Waals surface area (Å²) in [6.07, 6.45) is 4.34. The number of piperidine rings is 1. The summed E-state index contributed by atoms with van der Waals surface area (Å²) < 4.78 is 11.1. The molecule has 0 bridgehead atoms. The van der Waals surface area contributed by atoms with Gasteiger partial charge >= 0.3 is 0 Å². The highest BCUT2D eigenvalue weighted by Crippen LogP contribution is 2.31. The van der Waals surface area contributed by atoms with Gasteiger partial charge in [-0.25, -0.2) is 0 Å². The van der Waals surface area contributed by atoms with E-state index in [2.05, 4.69) is 50.7 Å². The molecule has 2 fully saturated rings. The van der Waals surface area contributed by atoms with Gasteiger partial charge in [0.05, 0.1) is 6.04 Å². The second-order valence-electron chi connectivity index (χ2n) is 7.37. The van der Waals surface area contributed by atoms with Crippen molar-refractivity contribution in [3.63, 3.8) is 0 Å². The molecule has 2 saturated heterocycles. The van der Waals surface area contributed by atoms with Crippen LogP contribution in [-0.4, -0.2) is 42.5 Å². The number of rotatable bonds is 5. The average molecular weight is 356 g/mol. The van der Waals surface area contributed by atoms with Crippen LogP contribution in [0.3, 0.4) is 0 Å². The number of para-hydroxylation sites is 1. The highest BCUT2D eigenvalue weighted by atomic mass is 16.5. The minimum absolute atomic E-state index is 0.133. The first-order chi connectivity index (χ1) is 12.8. The highest BCUT2D eigenvalue weighted by Gasteiger charge is 2.32. The smallest absolute Gasteiger partial charge is 0.244 e. The van der Waals surface area contributed by atoms with E-state index in [1.165, 1.54) is 5.69 Å². The quantitative estimate of drug-likeness (QED) is 0.888. The summed E-state index contributed by atoms with van der Waals surface area (Å²) in [5.74, 6) is 1.94. The average Bonchev–Trinajstić information content (AvgIpc) is 3.14. The van der Waals surface area contributed by atoms with Crippen molar-refractivity contribution in [3.05, 3.63) is 42.0 Å². The lowest BCUT2D eigenvalue weighted by Crippen LogP contribution is -2.46. The summed E-state index contributed by atoms with van der Waals surface area (Å²) in [7, 11) is 0. The molecule has 6 nitrogen and oxygen atoms in total. The van der Waals surface area contributed by atoms with Crippen molar-refractivity contribution in [1.29, 1.82) is 0 Å². The Labute approximate surface area is 154 Å². The van der Waals surface area contributed by atoms with Crippen LogP contribution >= 0.6 is 0 Å². The fraction of sp³-hybridized carbons (Fsp3) is 0.600. The fourth-order valence-corrected chi connectivity index (χ4v) is 4.09. The maximum Gasteiger partial charge on any atom is 0.244 e. The molecule has 2 aliphatic rings. The van der Waals surface area contributed by atoms with E-state index in [4.69, 9.17) is 9.26 Å². The minimum atomic E-state index is 0.133. The van der Waals surface area contributed by atoms with Gasteiger partial charge in [-0.1, -0.05) is 23.4 Å². The van der Waals surface area contributed by atoms with Crippen molar-refractivity contribution in [2.75, 3.05) is 31.2 Å². The maximum absolute atomic E-state index is 5.54. The second-order valence-corrected chi connectivity index (χ2v) is 7.37. The van der Waals surface area contributed by atoms with E-state index in [-0.39, 0.29) is 6.04 Å². The lowest BCUT2D eigenvalue weighted by molar-refractivity contribution is 0.0461. The van der Waals surface area contributed by atoms with Crippen molar-refractivity contribution in [2.45, 2.75) is 44.7 Å². The van der Waals surface area contributed by atoms with Gasteiger partial charge in [0.1, 0.15) is 0 Å². The molecule has 0 radical (unpaired) electrons. The van der Waals surface area contributed by atoms with Crippen LogP contribution in [0.5, 0.6) is 0 Å². The standard InChI is InChI=1S/C20H28N4O2/c1-15-21-20(26-23-15)19(16-9-13-25-14-10-16)22-17-7-11-24(12-8-17)18-5-3-2-4-6-18/h2-6,16-17,19,22H,7-14H2,1H3. The molecule has 6 heteroatoms. The van der Waals surface area contributed by atoms with Crippen LogP contribution in [0.1, 0.15) is 43.4 Å². The van der Waals surface area contributed by atoms with Gasteiger partial charge < -0.3 is 19.5 Å². The van der Waals surface area contributed by atoms with Gasteiger partial charge in [-0.15, -0.1) is 0 Å². The van der Waals surface area contributed by atoms with Crippen molar-refractivity contribution < 1.29 is 9.26 Å². The van der Waals surface area contributed by atoms with Gasteiger partial charge in [0.15, 0.2) is 5.82 Å². The molecule has 140 valence electrons. The van der Waals surface area contributed by atoms with E-state index in [1.807, 2.05) is 6.92 Å². The van der Waals surface area contributed by atoms with Gasteiger partial charge in [-0.2, -0.15) is 4.98 Å². The third-order valence-corrected chi connectivity index (χ3v) is 5.58. The number of hydrogen-bond donors (Lipinski definition) is 1. The molecule has 4 rings (SSSR count). The lowest BCUT2D eigenvalue weighted by Gasteiger charge is -2.37. The van der Waals surface area contributed by atoms with Crippen molar-refractivity contribution in [1.82, 2.24) is 15.5 Å². The number of nitrogens with one attached hydrogen (secondary N) is 1. The first kappa shape index (κ1) is 17.5. The Morgan fingerprint density at radius 2 is 1.81 bits per heavy atom. The predicted octanol–water partition coefficient (Wildman–Crippen LogP) is 3.10. The molecule has 1 aromatic heterocycles. The molecule has 0 amide bonds. The maximum atomic E-state index is 5.54. The Morgan fingerprint density at radius 3 is 2.46 bits per heavy atom. The summed E-state index contributed by atoms with van der Waals surface area (Å²) in [6.45, 7) is 5.67. The molecule has 0 spiro atoms. The zero-order valence-corrected chi connectivity index (χ0v) is 15.4. The molecule has 1 unspecified atom stereocenters. The topological polar surface area (TPSA) is 63.4 Å². The highest BCUT2D eigenvalue weighted by molar-refractivity contribution is 5.46. The number of aromatic nitrogens is 2. The molecule has 26 heavy (non-hydrogen) atoms. The summed E-state index contributed by atoms with van der Waals surface area (Å²) in [5.41, 5.74) is 1.32. The second kappa shape index (κ2) is 8.18. The molecular formula is C20H28N4O2. The Balaban J connectivity index is 1.40. The van der Waals surface area contributed by atoms with E-state index in [0.717, 1.165) is 57.9 Å². The van der Waals surface area contributed by atoms with Crippen LogP contribution in [0.2, 0.25) is 0 Å². The van der Waals surface area contributed by atoms with Gasteiger partial charge in [0, 0.05) is 38.0 Å². The van der Waals surface area contributed by atoms with Crippen LogP contribution < -0.4 is 10.2 Å². The number of ether oxygens (including phenoxy) is 1. The molecule has 1 N–H and O–H groups in total. The van der Waals surface area contributed by atoms with Crippen molar-refractivity contribution >= 4 is 5.69 Å². The van der Waals surface area contributed by atoms with Gasteiger partial charge in [-0.3, -0.25) is 0 Å². The molecule has 3 heterocycles. The molecular weight excluding hydrogens is 328 g/mol. The number of aryl methyl sites for hydroxylation is 1. The summed E-state index contributed by atoms with van der Waals surface area (Å²) in [6, 6.07) is 11.3. The number of anilines is 1. The largest absolute Gasteiger partial charge is 0.381 e. The Kier molecular flexibility index (Phi) is 5.51. The van der Waals surface area contributed by atoms with Crippen molar-refractivity contribution in [3.8, 4) is 0 Å². The summed E-state index contributed by atoms with van der Waals surface area (Å²) in [5, 5.41) is 7.86. The molecule has 2 aromatic rings. The van der Waals surface area contributed by atoms with Crippen LogP contribution in [0, 0.1) is 12.8 Å². The van der Waals surface area contributed by atoms with Crippen molar-refractivity contribution in [2.24, 2.45) is 5.92 Å². The normalized spacial score (nSPS) is 21.0. The lowest BCUT2D eigenvalue weighted by atomic mass is 9.90. The number of benzene rings is 1. The zero-order valence-electron chi connectivity index (χ0n) is 15.4. The van der Waals surface area contributed by atoms with E-state index in [0.29, 0.717) is 17.8 Å². The van der Waals surface area contributed by atoms with Gasteiger partial charge in [0.25, 0.3) is 0 Å². The Bertz CT molecular complexity index is 676. The van der Waals surface area contributed by atoms with E-state index in [9.17, 15) is 0 Å². The van der Waals surface area contributed by atoms with Gasteiger partial charge in [0.2, 0.25) is 5.89 Å².